The van der Waals surface area contributed by atoms with Crippen molar-refractivity contribution in [2.75, 3.05) is 0 Å². The van der Waals surface area contributed by atoms with Crippen LogP contribution in [-0.2, 0) is 0 Å². The van der Waals surface area contributed by atoms with Gasteiger partial charge >= 0.3 is 0 Å². The molecule has 1 aliphatic heterocycles. The van der Waals surface area contributed by atoms with E-state index in [2.05, 4.69) is 11.1 Å². The Hall–Kier alpha value is -2.42. The van der Waals surface area contributed by atoms with Gasteiger partial charge in [-0.05, 0) is 57.2 Å². The minimum Gasteiger partial charge on any atom is -0.483 e. The molecule has 0 unspecified atom stereocenters. The zero-order valence-electron chi connectivity index (χ0n) is 12.4. The molecule has 0 atom stereocenters. The van der Waals surface area contributed by atoms with Crippen LogP contribution in [-0.4, -0.2) is 16.4 Å². The lowest BCUT2D eigenvalue weighted by molar-refractivity contribution is 0.101. The predicted molar refractivity (Wildman–Crippen MR) is 82.5 cm³/mol. The van der Waals surface area contributed by atoms with E-state index in [9.17, 15) is 4.79 Å². The monoisotopic (exact) mass is 279 g/mol. The Kier molecular flexibility index (Phi) is 3.13. The summed E-state index contributed by atoms with van der Waals surface area (Å²) in [5.74, 6) is 0.830. The van der Waals surface area contributed by atoms with Crippen LogP contribution >= 0.6 is 0 Å². The number of ketones is 1. The molecule has 106 valence electrons. The molecule has 0 N–H and O–H groups in total. The number of fused-ring (bicyclic) bond motifs is 1. The summed E-state index contributed by atoms with van der Waals surface area (Å²) < 4.78 is 5.99. The quantitative estimate of drug-likeness (QED) is 0.783. The maximum absolute atomic E-state index is 11.6. The van der Waals surface area contributed by atoms with Gasteiger partial charge in [0.15, 0.2) is 5.78 Å². The van der Waals surface area contributed by atoms with Crippen molar-refractivity contribution in [3.63, 3.8) is 0 Å². The van der Waals surface area contributed by atoms with E-state index in [0.29, 0.717) is 5.56 Å². The molecule has 3 heteroatoms. The number of carbonyl (C=O) groups is 1. The predicted octanol–water partition coefficient (Wildman–Crippen LogP) is 3.89. The molecule has 1 aromatic carbocycles. The third kappa shape index (κ3) is 2.59. The first kappa shape index (κ1) is 13.6. The van der Waals surface area contributed by atoms with E-state index < -0.39 is 5.60 Å². The lowest BCUT2D eigenvalue weighted by atomic mass is 9.91. The molecule has 2 aromatic rings. The Bertz CT molecular complexity index is 730. The van der Waals surface area contributed by atoms with Crippen molar-refractivity contribution in [3.05, 3.63) is 65.5 Å². The molecule has 0 aliphatic carbocycles. The topological polar surface area (TPSA) is 39.2 Å². The van der Waals surface area contributed by atoms with Crippen LogP contribution in [0, 0.1) is 0 Å². The third-order valence-electron chi connectivity index (χ3n) is 3.48. The number of aromatic nitrogens is 1. The van der Waals surface area contributed by atoms with Crippen LogP contribution in [0.25, 0.3) is 5.57 Å². The largest absolute Gasteiger partial charge is 0.483 e. The van der Waals surface area contributed by atoms with Gasteiger partial charge in [0.1, 0.15) is 11.4 Å². The fourth-order valence-electron chi connectivity index (χ4n) is 2.52. The molecule has 0 spiro atoms. The molecular formula is C18H17NO2. The van der Waals surface area contributed by atoms with Crippen LogP contribution in [0.1, 0.15) is 42.4 Å². The molecule has 3 nitrogen and oxygen atoms in total. The third-order valence-corrected chi connectivity index (χ3v) is 3.48. The molecule has 3 rings (SSSR count). The smallest absolute Gasteiger partial charge is 0.159 e. The van der Waals surface area contributed by atoms with Gasteiger partial charge in [0.2, 0.25) is 0 Å². The molecule has 0 fully saturated rings. The lowest BCUT2D eigenvalue weighted by Crippen LogP contribution is -2.29. The minimum absolute atomic E-state index is 0.0444. The van der Waals surface area contributed by atoms with Crippen LogP contribution in [0.5, 0.6) is 5.75 Å². The summed E-state index contributed by atoms with van der Waals surface area (Å²) >= 11 is 0. The highest BCUT2D eigenvalue weighted by Crippen LogP contribution is 2.39. The lowest BCUT2D eigenvalue weighted by Gasteiger charge is -2.31. The van der Waals surface area contributed by atoms with Gasteiger partial charge in [0.05, 0.1) is 5.69 Å². The maximum atomic E-state index is 11.6. The van der Waals surface area contributed by atoms with E-state index in [-0.39, 0.29) is 5.78 Å². The fourth-order valence-corrected chi connectivity index (χ4v) is 2.52. The molecule has 0 bridgehead atoms. The summed E-state index contributed by atoms with van der Waals surface area (Å²) in [4.78, 5) is 16.1. The highest BCUT2D eigenvalue weighted by atomic mass is 16.5. The minimum atomic E-state index is -0.405. The Balaban J connectivity index is 2.21. The van der Waals surface area contributed by atoms with Gasteiger partial charge in [0, 0.05) is 22.9 Å². The zero-order valence-corrected chi connectivity index (χ0v) is 12.4. The van der Waals surface area contributed by atoms with Gasteiger partial charge in [0.25, 0.3) is 0 Å². The van der Waals surface area contributed by atoms with Gasteiger partial charge < -0.3 is 4.74 Å². The van der Waals surface area contributed by atoms with Crippen molar-refractivity contribution < 1.29 is 9.53 Å². The normalized spacial score (nSPS) is 15.7. The number of hydrogen-bond acceptors (Lipinski definition) is 3. The number of Topliss-reactive ketones (excluding diaryl/α,β-unsaturated/α-hetero) is 1. The second kappa shape index (κ2) is 4.85. The summed E-state index contributed by atoms with van der Waals surface area (Å²) in [6, 6.07) is 11.4. The Labute approximate surface area is 124 Å². The van der Waals surface area contributed by atoms with Gasteiger partial charge in [-0.15, -0.1) is 0 Å². The Morgan fingerprint density at radius 3 is 2.67 bits per heavy atom. The highest BCUT2D eigenvalue weighted by Gasteiger charge is 2.28. The van der Waals surface area contributed by atoms with E-state index in [1.165, 1.54) is 0 Å². The van der Waals surface area contributed by atoms with Crippen molar-refractivity contribution >= 4 is 11.4 Å². The second-order valence-corrected chi connectivity index (χ2v) is 5.75. The van der Waals surface area contributed by atoms with E-state index >= 15 is 0 Å². The molecule has 2 heterocycles. The Morgan fingerprint density at radius 1 is 1.19 bits per heavy atom. The van der Waals surface area contributed by atoms with E-state index in [1.54, 1.807) is 19.2 Å². The number of ether oxygens (including phenoxy) is 1. The first-order chi connectivity index (χ1) is 9.96. The summed E-state index contributed by atoms with van der Waals surface area (Å²) in [6.45, 7) is 5.59. The van der Waals surface area contributed by atoms with Gasteiger partial charge in [-0.25, -0.2) is 0 Å². The Morgan fingerprint density at radius 2 is 2.00 bits per heavy atom. The number of benzene rings is 1. The first-order valence-corrected chi connectivity index (χ1v) is 6.95. The van der Waals surface area contributed by atoms with E-state index in [1.807, 2.05) is 44.2 Å². The molecule has 0 amide bonds. The van der Waals surface area contributed by atoms with Crippen molar-refractivity contribution in [2.45, 2.75) is 26.4 Å². The van der Waals surface area contributed by atoms with E-state index in [4.69, 9.17) is 4.74 Å². The molecule has 1 aliphatic rings. The van der Waals surface area contributed by atoms with Crippen LogP contribution in [0.2, 0.25) is 0 Å². The standard InChI is InChI=1S/C18H17NO2/c1-12(20)13-7-8-17-14(10-13)15(11-18(2,3)21-17)16-6-4-5-9-19-16/h4-11H,1-3H3. The van der Waals surface area contributed by atoms with Crippen LogP contribution in [0.15, 0.2) is 48.7 Å². The highest BCUT2D eigenvalue weighted by molar-refractivity contribution is 5.96. The number of rotatable bonds is 2. The molecule has 21 heavy (non-hydrogen) atoms. The molecule has 1 aromatic heterocycles. The van der Waals surface area contributed by atoms with Gasteiger partial charge in [-0.2, -0.15) is 0 Å². The fraction of sp³-hybridized carbons (Fsp3) is 0.222. The van der Waals surface area contributed by atoms with Gasteiger partial charge in [-0.1, -0.05) is 6.07 Å². The number of nitrogens with zero attached hydrogens (tertiary/aromatic N) is 1. The van der Waals surface area contributed by atoms with Gasteiger partial charge in [-0.3, -0.25) is 9.78 Å². The summed E-state index contributed by atoms with van der Waals surface area (Å²) in [5, 5.41) is 0. The number of pyridine rings is 1. The van der Waals surface area contributed by atoms with Crippen molar-refractivity contribution in [1.29, 1.82) is 0 Å². The van der Waals surface area contributed by atoms with Crippen molar-refractivity contribution in [2.24, 2.45) is 0 Å². The summed E-state index contributed by atoms with van der Waals surface area (Å²) in [6.07, 6.45) is 3.83. The molecule has 0 saturated carbocycles. The van der Waals surface area contributed by atoms with Crippen molar-refractivity contribution in [3.8, 4) is 5.75 Å². The molecule has 0 saturated heterocycles. The van der Waals surface area contributed by atoms with E-state index in [0.717, 1.165) is 22.6 Å². The number of hydrogen-bond donors (Lipinski definition) is 0. The SMILES string of the molecule is CC(=O)c1ccc2c(c1)C(c1ccccn1)=CC(C)(C)O2. The van der Waals surface area contributed by atoms with Crippen LogP contribution < -0.4 is 4.74 Å². The number of carbonyl (C=O) groups excluding carboxylic acids is 1. The average Bonchev–Trinajstić information content (AvgIpc) is 2.46. The zero-order chi connectivity index (χ0) is 15.0. The first-order valence-electron chi connectivity index (χ1n) is 6.95. The molecule has 0 radical (unpaired) electrons. The summed E-state index contributed by atoms with van der Waals surface area (Å²) in [7, 11) is 0. The van der Waals surface area contributed by atoms with Crippen LogP contribution in [0.3, 0.4) is 0 Å². The average molecular weight is 279 g/mol. The summed E-state index contributed by atoms with van der Waals surface area (Å²) in [5.41, 5.74) is 3.08. The maximum Gasteiger partial charge on any atom is 0.159 e. The second-order valence-electron chi connectivity index (χ2n) is 5.75. The van der Waals surface area contributed by atoms with Crippen molar-refractivity contribution in [1.82, 2.24) is 4.98 Å². The molecular weight excluding hydrogens is 262 g/mol. The van der Waals surface area contributed by atoms with Crippen LogP contribution in [0.4, 0.5) is 0 Å².